The average molecular weight is 375 g/mol. The fourth-order valence-electron chi connectivity index (χ4n) is 3.44. The highest BCUT2D eigenvalue weighted by Crippen LogP contribution is 2.29. The number of sulfonamides is 1. The zero-order valence-electron chi connectivity index (χ0n) is 14.1. The van der Waals surface area contributed by atoms with Crippen LogP contribution in [-0.2, 0) is 29.7 Å². The fourth-order valence-corrected chi connectivity index (χ4v) is 5.89. The minimum atomic E-state index is -3.46. The molecule has 0 spiro atoms. The minimum Gasteiger partial charge on any atom is -0.297 e. The predicted molar refractivity (Wildman–Crippen MR) is 102 cm³/mol. The summed E-state index contributed by atoms with van der Waals surface area (Å²) in [4.78, 5) is 2.80. The molecule has 0 radical (unpaired) electrons. The van der Waals surface area contributed by atoms with Gasteiger partial charge in [0.05, 0.1) is 4.90 Å². The third-order valence-electron chi connectivity index (χ3n) is 4.86. The first-order valence-corrected chi connectivity index (χ1v) is 11.2. The van der Waals surface area contributed by atoms with Crippen LogP contribution in [0.25, 0.3) is 0 Å². The lowest BCUT2D eigenvalue weighted by Crippen LogP contribution is -2.32. The molecule has 0 saturated carbocycles. The van der Waals surface area contributed by atoms with Crippen molar-refractivity contribution >= 4 is 21.8 Å². The molecule has 0 aliphatic carbocycles. The van der Waals surface area contributed by atoms with Crippen LogP contribution in [0.4, 0.5) is 0 Å². The first-order valence-electron chi connectivity index (χ1n) is 8.59. The minimum absolute atomic E-state index is 0.407. The summed E-state index contributed by atoms with van der Waals surface area (Å²) in [6.45, 7) is 3.90. The molecule has 0 unspecified atom stereocenters. The Kier molecular flexibility index (Phi) is 4.86. The molecule has 0 atom stereocenters. The smallest absolute Gasteiger partial charge is 0.243 e. The number of hydrogen-bond donors (Lipinski definition) is 0. The maximum Gasteiger partial charge on any atom is 0.243 e. The Bertz CT molecular complexity index is 836. The molecule has 2 aliphatic rings. The topological polar surface area (TPSA) is 40.6 Å². The molecule has 2 aromatic carbocycles. The third kappa shape index (κ3) is 3.62. The highest BCUT2D eigenvalue weighted by molar-refractivity contribution is 7.99. The van der Waals surface area contributed by atoms with Gasteiger partial charge in [-0.15, -0.1) is 0 Å². The molecule has 0 N–H and O–H groups in total. The van der Waals surface area contributed by atoms with Crippen molar-refractivity contribution < 1.29 is 8.42 Å². The Morgan fingerprint density at radius 1 is 0.920 bits per heavy atom. The zero-order valence-corrected chi connectivity index (χ0v) is 15.7. The highest BCUT2D eigenvalue weighted by Gasteiger charge is 2.30. The van der Waals surface area contributed by atoms with Crippen molar-refractivity contribution in [2.24, 2.45) is 0 Å². The van der Waals surface area contributed by atoms with Gasteiger partial charge >= 0.3 is 0 Å². The van der Waals surface area contributed by atoms with E-state index in [4.69, 9.17) is 0 Å². The van der Waals surface area contributed by atoms with Crippen LogP contribution in [-0.4, -0.2) is 42.2 Å². The van der Waals surface area contributed by atoms with Gasteiger partial charge in [-0.1, -0.05) is 36.4 Å². The van der Waals surface area contributed by atoms with E-state index in [2.05, 4.69) is 4.90 Å². The van der Waals surface area contributed by atoms with E-state index in [1.54, 1.807) is 10.4 Å². The largest absolute Gasteiger partial charge is 0.297 e. The molecule has 132 valence electrons. The number of nitrogens with zero attached hydrogens (tertiary/aromatic N) is 2. The second-order valence-electron chi connectivity index (χ2n) is 6.58. The van der Waals surface area contributed by atoms with Crippen LogP contribution in [0.5, 0.6) is 0 Å². The monoisotopic (exact) mass is 374 g/mol. The molecule has 0 bridgehead atoms. The molecule has 2 aromatic rings. The van der Waals surface area contributed by atoms with Gasteiger partial charge in [0.25, 0.3) is 0 Å². The Balaban J connectivity index is 1.54. The molecule has 25 heavy (non-hydrogen) atoms. The van der Waals surface area contributed by atoms with Crippen LogP contribution in [0.3, 0.4) is 0 Å². The molecule has 4 rings (SSSR count). The second-order valence-corrected chi connectivity index (χ2v) is 9.74. The molecule has 4 nitrogen and oxygen atoms in total. The summed E-state index contributed by atoms with van der Waals surface area (Å²) in [6.07, 6.45) is 0. The Labute approximate surface area is 153 Å². The second kappa shape index (κ2) is 7.11. The van der Waals surface area contributed by atoms with Gasteiger partial charge in [-0.2, -0.15) is 16.1 Å². The van der Waals surface area contributed by atoms with Crippen molar-refractivity contribution in [3.8, 4) is 0 Å². The summed E-state index contributed by atoms with van der Waals surface area (Å²) < 4.78 is 27.7. The van der Waals surface area contributed by atoms with Crippen molar-refractivity contribution in [2.75, 3.05) is 24.6 Å². The predicted octanol–water partition coefficient (Wildman–Crippen LogP) is 2.94. The van der Waals surface area contributed by atoms with E-state index in [0.29, 0.717) is 18.0 Å². The van der Waals surface area contributed by atoms with Gasteiger partial charge in [-0.05, 0) is 28.8 Å². The van der Waals surface area contributed by atoms with E-state index in [1.165, 1.54) is 0 Å². The lowest BCUT2D eigenvalue weighted by atomic mass is 10.1. The van der Waals surface area contributed by atoms with Crippen molar-refractivity contribution in [1.82, 2.24) is 9.21 Å². The van der Waals surface area contributed by atoms with Crippen LogP contribution in [0.2, 0.25) is 0 Å². The average Bonchev–Trinajstić information content (AvgIpc) is 3.08. The molecule has 1 saturated heterocycles. The van der Waals surface area contributed by atoms with Gasteiger partial charge in [0.2, 0.25) is 10.0 Å². The van der Waals surface area contributed by atoms with Gasteiger partial charge in [-0.3, -0.25) is 4.90 Å². The van der Waals surface area contributed by atoms with Crippen molar-refractivity contribution in [3.05, 3.63) is 65.2 Å². The van der Waals surface area contributed by atoms with E-state index >= 15 is 0 Å². The number of benzene rings is 2. The van der Waals surface area contributed by atoms with Crippen molar-refractivity contribution in [3.63, 3.8) is 0 Å². The fraction of sp³-hybridized carbons (Fsp3) is 0.368. The number of hydrogen-bond acceptors (Lipinski definition) is 4. The van der Waals surface area contributed by atoms with Crippen LogP contribution in [0, 0.1) is 0 Å². The van der Waals surface area contributed by atoms with Crippen LogP contribution in [0.15, 0.2) is 53.4 Å². The van der Waals surface area contributed by atoms with Gasteiger partial charge in [0.15, 0.2) is 0 Å². The molecule has 0 amide bonds. The summed E-state index contributed by atoms with van der Waals surface area (Å²) in [7, 11) is -3.46. The number of thioether (sulfide) groups is 1. The van der Waals surface area contributed by atoms with E-state index in [-0.39, 0.29) is 0 Å². The summed E-state index contributed by atoms with van der Waals surface area (Å²) in [5, 5.41) is 0. The lowest BCUT2D eigenvalue weighted by molar-refractivity contribution is 0.294. The molecule has 1 fully saturated rings. The first kappa shape index (κ1) is 17.1. The van der Waals surface area contributed by atoms with Crippen LogP contribution in [0.1, 0.15) is 16.7 Å². The van der Waals surface area contributed by atoms with E-state index in [9.17, 15) is 8.42 Å². The molecule has 2 heterocycles. The quantitative estimate of drug-likeness (QED) is 0.825. The number of rotatable bonds is 4. The molecule has 6 heteroatoms. The standard InChI is InChI=1S/C19H22N2O2S2/c22-25(23,21-14-17-5-1-2-6-18(17)15-21)19-7-3-4-16(12-19)13-20-8-10-24-11-9-20/h1-7,12H,8-11,13-15H2. The van der Waals surface area contributed by atoms with Gasteiger partial charge in [0, 0.05) is 44.2 Å². The zero-order chi connectivity index (χ0) is 17.3. The molecule has 0 aromatic heterocycles. The van der Waals surface area contributed by atoms with Gasteiger partial charge in [-0.25, -0.2) is 8.42 Å². The van der Waals surface area contributed by atoms with E-state index < -0.39 is 10.0 Å². The highest BCUT2D eigenvalue weighted by atomic mass is 32.2. The SMILES string of the molecule is O=S(=O)(c1cccc(CN2CCSCC2)c1)N1Cc2ccccc2C1. The normalized spacial score (nSPS) is 19.0. The van der Waals surface area contributed by atoms with Crippen LogP contribution >= 0.6 is 11.8 Å². The van der Waals surface area contributed by atoms with E-state index in [0.717, 1.165) is 47.8 Å². The van der Waals surface area contributed by atoms with Crippen LogP contribution < -0.4 is 0 Å². The van der Waals surface area contributed by atoms with Crippen molar-refractivity contribution in [1.29, 1.82) is 0 Å². The maximum absolute atomic E-state index is 13.1. The summed E-state index contributed by atoms with van der Waals surface area (Å²) in [6, 6.07) is 15.4. The lowest BCUT2D eigenvalue weighted by Gasteiger charge is -2.26. The summed E-state index contributed by atoms with van der Waals surface area (Å²) in [5.41, 5.74) is 3.28. The summed E-state index contributed by atoms with van der Waals surface area (Å²) >= 11 is 1.98. The molecule has 2 aliphatic heterocycles. The molecular weight excluding hydrogens is 352 g/mol. The third-order valence-corrected chi connectivity index (χ3v) is 7.59. The first-order chi connectivity index (χ1) is 12.1. The number of fused-ring (bicyclic) bond motifs is 1. The maximum atomic E-state index is 13.1. The Morgan fingerprint density at radius 2 is 1.60 bits per heavy atom. The Morgan fingerprint density at radius 3 is 2.28 bits per heavy atom. The van der Waals surface area contributed by atoms with Gasteiger partial charge < -0.3 is 0 Å². The van der Waals surface area contributed by atoms with Crippen molar-refractivity contribution in [2.45, 2.75) is 24.5 Å². The molecular formula is C19H22N2O2S2. The Hall–Kier alpha value is -1.34. The van der Waals surface area contributed by atoms with Gasteiger partial charge in [0.1, 0.15) is 0 Å². The summed E-state index contributed by atoms with van der Waals surface area (Å²) in [5.74, 6) is 2.31. The van der Waals surface area contributed by atoms with E-state index in [1.807, 2.05) is 54.2 Å².